The molecule has 8 heteroatoms. The number of nitrogens with zero attached hydrogens (tertiary/aromatic N) is 5. The monoisotopic (exact) mass is 285 g/mol. The van der Waals surface area contributed by atoms with Crippen LogP contribution in [0.3, 0.4) is 0 Å². The van der Waals surface area contributed by atoms with E-state index >= 15 is 0 Å². The number of anilines is 1. The first kappa shape index (κ1) is 13.0. The first-order chi connectivity index (χ1) is 10.0. The molecular formula is C13H11N5O3. The second kappa shape index (κ2) is 4.82. The van der Waals surface area contributed by atoms with Gasteiger partial charge >= 0.3 is 0 Å². The number of carbonyl (C=O) groups is 1. The molecule has 21 heavy (non-hydrogen) atoms. The van der Waals surface area contributed by atoms with Crippen LogP contribution in [0.25, 0.3) is 0 Å². The molecule has 0 fully saturated rings. The number of rotatable bonds is 3. The lowest BCUT2D eigenvalue weighted by Gasteiger charge is -2.10. The van der Waals surface area contributed by atoms with E-state index in [1.165, 1.54) is 23.2 Å². The first-order valence-electron chi connectivity index (χ1n) is 6.18. The zero-order valence-electron chi connectivity index (χ0n) is 11.1. The van der Waals surface area contributed by atoms with Crippen molar-refractivity contribution in [3.63, 3.8) is 0 Å². The minimum atomic E-state index is -0.504. The summed E-state index contributed by atoms with van der Waals surface area (Å²) in [6, 6.07) is 5.84. The summed E-state index contributed by atoms with van der Waals surface area (Å²) >= 11 is 0. The fourth-order valence-electron chi connectivity index (χ4n) is 2.10. The quantitative estimate of drug-likeness (QED) is 0.630. The van der Waals surface area contributed by atoms with Crippen molar-refractivity contribution >= 4 is 23.0 Å². The number of nitro groups is 1. The molecule has 1 aliphatic heterocycles. The van der Waals surface area contributed by atoms with Crippen molar-refractivity contribution in [1.29, 1.82) is 0 Å². The van der Waals surface area contributed by atoms with Gasteiger partial charge in [-0.2, -0.15) is 15.2 Å². The molecule has 1 aromatic heterocycles. The molecule has 0 atom stereocenters. The highest BCUT2D eigenvalue weighted by atomic mass is 16.6. The van der Waals surface area contributed by atoms with Gasteiger partial charge in [0.2, 0.25) is 0 Å². The van der Waals surface area contributed by atoms with E-state index in [0.717, 1.165) is 5.56 Å². The summed E-state index contributed by atoms with van der Waals surface area (Å²) in [6.07, 6.45) is 3.54. The van der Waals surface area contributed by atoms with E-state index in [1.54, 1.807) is 30.2 Å². The van der Waals surface area contributed by atoms with Gasteiger partial charge in [-0.1, -0.05) is 6.07 Å². The van der Waals surface area contributed by atoms with E-state index < -0.39 is 4.92 Å². The highest BCUT2D eigenvalue weighted by Gasteiger charge is 2.27. The Morgan fingerprint density at radius 3 is 2.86 bits per heavy atom. The summed E-state index contributed by atoms with van der Waals surface area (Å²) < 4.78 is 1.62. The predicted molar refractivity (Wildman–Crippen MR) is 74.9 cm³/mol. The molecule has 8 nitrogen and oxygen atoms in total. The van der Waals surface area contributed by atoms with Crippen LogP contribution < -0.4 is 5.01 Å². The van der Waals surface area contributed by atoms with Crippen LogP contribution in [-0.4, -0.2) is 26.3 Å². The van der Waals surface area contributed by atoms with Gasteiger partial charge in [-0.15, -0.1) is 0 Å². The van der Waals surface area contributed by atoms with Crippen LogP contribution in [0.2, 0.25) is 0 Å². The summed E-state index contributed by atoms with van der Waals surface area (Å²) in [5.74, 6) is -0.227. The fourth-order valence-corrected chi connectivity index (χ4v) is 2.10. The SMILES string of the molecule is Cn1cc(C2=NN(c3cccc([N+](=O)[O-])c3)C(=O)C2)cn1. The maximum absolute atomic E-state index is 12.1. The van der Waals surface area contributed by atoms with Gasteiger partial charge in [0.1, 0.15) is 0 Å². The molecule has 1 aromatic carbocycles. The third-order valence-electron chi connectivity index (χ3n) is 3.10. The molecule has 0 unspecified atom stereocenters. The highest BCUT2D eigenvalue weighted by molar-refractivity contribution is 6.19. The zero-order chi connectivity index (χ0) is 15.0. The van der Waals surface area contributed by atoms with Crippen LogP contribution in [0.5, 0.6) is 0 Å². The number of hydrazone groups is 1. The smallest absolute Gasteiger partial charge is 0.271 e. The molecule has 3 rings (SSSR count). The van der Waals surface area contributed by atoms with E-state index in [2.05, 4.69) is 10.2 Å². The maximum atomic E-state index is 12.1. The van der Waals surface area contributed by atoms with Gasteiger partial charge in [-0.3, -0.25) is 19.6 Å². The standard InChI is InChI=1S/C13H11N5O3/c1-16-8-9(7-14-16)12-6-13(19)17(15-12)10-3-2-4-11(5-10)18(20)21/h2-5,7-8H,6H2,1H3. The molecule has 0 spiro atoms. The van der Waals surface area contributed by atoms with Gasteiger partial charge in [0.25, 0.3) is 11.6 Å². The van der Waals surface area contributed by atoms with Gasteiger partial charge in [0.05, 0.1) is 28.9 Å². The Morgan fingerprint density at radius 2 is 2.19 bits per heavy atom. The van der Waals surface area contributed by atoms with E-state index in [4.69, 9.17) is 0 Å². The molecule has 2 aromatic rings. The maximum Gasteiger partial charge on any atom is 0.271 e. The predicted octanol–water partition coefficient (Wildman–Crippen LogP) is 1.47. The minimum absolute atomic E-state index is 0.0784. The van der Waals surface area contributed by atoms with Crippen molar-refractivity contribution in [1.82, 2.24) is 9.78 Å². The third kappa shape index (κ3) is 2.38. The van der Waals surface area contributed by atoms with Crippen LogP contribution in [0.4, 0.5) is 11.4 Å². The summed E-state index contributed by atoms with van der Waals surface area (Å²) in [7, 11) is 1.78. The Bertz CT molecular complexity index is 765. The van der Waals surface area contributed by atoms with Crippen LogP contribution in [0.1, 0.15) is 12.0 Å². The number of nitro benzene ring substituents is 1. The minimum Gasteiger partial charge on any atom is -0.275 e. The second-order valence-electron chi connectivity index (χ2n) is 4.61. The Morgan fingerprint density at radius 1 is 1.38 bits per heavy atom. The van der Waals surface area contributed by atoms with Crippen molar-refractivity contribution in [3.05, 3.63) is 52.3 Å². The van der Waals surface area contributed by atoms with Crippen molar-refractivity contribution < 1.29 is 9.72 Å². The lowest BCUT2D eigenvalue weighted by atomic mass is 10.1. The molecule has 106 valence electrons. The highest BCUT2D eigenvalue weighted by Crippen LogP contribution is 2.26. The van der Waals surface area contributed by atoms with E-state index in [-0.39, 0.29) is 18.0 Å². The molecule has 0 radical (unpaired) electrons. The van der Waals surface area contributed by atoms with Crippen LogP contribution in [0, 0.1) is 10.1 Å². The molecule has 0 saturated heterocycles. The second-order valence-corrected chi connectivity index (χ2v) is 4.61. The Balaban J connectivity index is 1.95. The number of aromatic nitrogens is 2. The van der Waals surface area contributed by atoms with Crippen molar-refractivity contribution in [2.75, 3.05) is 5.01 Å². The molecule has 0 bridgehead atoms. The average molecular weight is 285 g/mol. The normalized spacial score (nSPS) is 14.4. The van der Waals surface area contributed by atoms with Crippen LogP contribution in [0.15, 0.2) is 41.8 Å². The number of hydrogen-bond acceptors (Lipinski definition) is 5. The van der Waals surface area contributed by atoms with Gasteiger partial charge in [-0.25, -0.2) is 0 Å². The summed E-state index contributed by atoms with van der Waals surface area (Å²) in [5, 5.41) is 20.3. The number of aryl methyl sites for hydroxylation is 1. The molecule has 0 N–H and O–H groups in total. The van der Waals surface area contributed by atoms with Gasteiger partial charge in [0, 0.05) is 30.9 Å². The number of non-ortho nitro benzene ring substituents is 1. The lowest BCUT2D eigenvalue weighted by molar-refractivity contribution is -0.384. The summed E-state index contributed by atoms with van der Waals surface area (Å²) in [6.45, 7) is 0. The molecule has 0 aliphatic carbocycles. The average Bonchev–Trinajstić information content (AvgIpc) is 3.05. The fraction of sp³-hybridized carbons (Fsp3) is 0.154. The molecule has 1 aliphatic rings. The Hall–Kier alpha value is -3.03. The summed E-state index contributed by atoms with van der Waals surface area (Å²) in [4.78, 5) is 22.3. The van der Waals surface area contributed by atoms with Gasteiger partial charge in [0.15, 0.2) is 0 Å². The van der Waals surface area contributed by atoms with E-state index in [1.807, 2.05) is 0 Å². The number of amides is 1. The molecule has 2 heterocycles. The van der Waals surface area contributed by atoms with Crippen LogP contribution >= 0.6 is 0 Å². The van der Waals surface area contributed by atoms with Gasteiger partial charge < -0.3 is 0 Å². The van der Waals surface area contributed by atoms with Gasteiger partial charge in [-0.05, 0) is 6.07 Å². The Labute approximate surface area is 119 Å². The van der Waals surface area contributed by atoms with Crippen molar-refractivity contribution in [3.8, 4) is 0 Å². The van der Waals surface area contributed by atoms with E-state index in [0.29, 0.717) is 11.4 Å². The van der Waals surface area contributed by atoms with Crippen molar-refractivity contribution in [2.24, 2.45) is 12.1 Å². The number of carbonyl (C=O) groups excluding carboxylic acids is 1. The number of benzene rings is 1. The lowest BCUT2D eigenvalue weighted by Crippen LogP contribution is -2.19. The molecule has 1 amide bonds. The molecule has 0 saturated carbocycles. The summed E-state index contributed by atoms with van der Waals surface area (Å²) in [5.41, 5.74) is 1.66. The number of hydrogen-bond donors (Lipinski definition) is 0. The Kier molecular flexibility index (Phi) is 2.98. The topological polar surface area (TPSA) is 93.6 Å². The molecular weight excluding hydrogens is 274 g/mol. The largest absolute Gasteiger partial charge is 0.275 e. The zero-order valence-corrected chi connectivity index (χ0v) is 11.1. The van der Waals surface area contributed by atoms with Crippen molar-refractivity contribution in [2.45, 2.75) is 6.42 Å². The third-order valence-corrected chi connectivity index (χ3v) is 3.10. The van der Waals surface area contributed by atoms with E-state index in [9.17, 15) is 14.9 Å². The first-order valence-corrected chi connectivity index (χ1v) is 6.18. The van der Waals surface area contributed by atoms with Crippen LogP contribution in [-0.2, 0) is 11.8 Å².